The summed E-state index contributed by atoms with van der Waals surface area (Å²) in [5.41, 5.74) is 0. The molecule has 0 bridgehead atoms. The molecule has 1 atom stereocenters. The minimum absolute atomic E-state index is 0.146. The fourth-order valence-electron chi connectivity index (χ4n) is 1.76. The van der Waals surface area contributed by atoms with Gasteiger partial charge in [-0.25, -0.2) is 9.97 Å². The molecule has 74 valence electrons. The lowest BCUT2D eigenvalue weighted by Gasteiger charge is -2.29. The first-order chi connectivity index (χ1) is 6.90. The van der Waals surface area contributed by atoms with Gasteiger partial charge in [-0.2, -0.15) is 0 Å². The molecule has 0 aromatic carbocycles. The van der Waals surface area contributed by atoms with Gasteiger partial charge in [-0.05, 0) is 18.9 Å². The summed E-state index contributed by atoms with van der Waals surface area (Å²) >= 11 is 0. The van der Waals surface area contributed by atoms with Crippen molar-refractivity contribution in [1.82, 2.24) is 9.97 Å². The number of hydrogen-bond donors (Lipinski definition) is 0. The van der Waals surface area contributed by atoms with Crippen molar-refractivity contribution in [3.05, 3.63) is 18.5 Å². The van der Waals surface area contributed by atoms with Gasteiger partial charge < -0.3 is 9.69 Å². The number of hydrogen-bond acceptors (Lipinski definition) is 4. The Hall–Kier alpha value is -1.45. The highest BCUT2D eigenvalue weighted by Crippen LogP contribution is 2.17. The Morgan fingerprint density at radius 3 is 2.93 bits per heavy atom. The van der Waals surface area contributed by atoms with E-state index < -0.39 is 0 Å². The zero-order chi connectivity index (χ0) is 9.80. The summed E-state index contributed by atoms with van der Waals surface area (Å²) in [6, 6.07) is 1.80. The molecule has 1 aliphatic rings. The summed E-state index contributed by atoms with van der Waals surface area (Å²) in [5, 5.41) is 0. The molecule has 1 aromatic heterocycles. The van der Waals surface area contributed by atoms with Gasteiger partial charge >= 0.3 is 0 Å². The second kappa shape index (κ2) is 4.17. The third-order valence-corrected chi connectivity index (χ3v) is 2.49. The standard InChI is InChI=1S/C10H13N3O/c14-8-9-3-1-6-13(7-9)10-11-4-2-5-12-10/h2,4-5,8-9H,1,3,6-7H2. The van der Waals surface area contributed by atoms with Crippen LogP contribution in [0.3, 0.4) is 0 Å². The van der Waals surface area contributed by atoms with Gasteiger partial charge in [0.2, 0.25) is 5.95 Å². The van der Waals surface area contributed by atoms with E-state index in [4.69, 9.17) is 0 Å². The summed E-state index contributed by atoms with van der Waals surface area (Å²) in [5.74, 6) is 0.881. The first-order valence-corrected chi connectivity index (χ1v) is 4.87. The molecule has 1 aliphatic heterocycles. The van der Waals surface area contributed by atoms with E-state index >= 15 is 0 Å². The van der Waals surface area contributed by atoms with Crippen molar-refractivity contribution in [3.8, 4) is 0 Å². The molecule has 2 heterocycles. The molecule has 2 rings (SSSR count). The van der Waals surface area contributed by atoms with Gasteiger partial charge in [-0.1, -0.05) is 0 Å². The lowest BCUT2D eigenvalue weighted by Crippen LogP contribution is -2.37. The summed E-state index contributed by atoms with van der Waals surface area (Å²) in [6.07, 6.45) is 6.53. The molecule has 1 fully saturated rings. The largest absolute Gasteiger partial charge is 0.340 e. The van der Waals surface area contributed by atoms with Crippen molar-refractivity contribution in [2.24, 2.45) is 5.92 Å². The molecule has 0 saturated carbocycles. The molecule has 4 nitrogen and oxygen atoms in total. The van der Waals surface area contributed by atoms with Crippen LogP contribution in [0.15, 0.2) is 18.5 Å². The van der Waals surface area contributed by atoms with Gasteiger partial charge in [-0.15, -0.1) is 0 Å². The van der Waals surface area contributed by atoms with Gasteiger partial charge in [0.15, 0.2) is 0 Å². The van der Waals surface area contributed by atoms with Gasteiger partial charge in [0, 0.05) is 31.4 Å². The SMILES string of the molecule is O=CC1CCCN(c2ncccn2)C1. The molecule has 0 amide bonds. The number of piperidine rings is 1. The average Bonchev–Trinajstić information content (AvgIpc) is 2.30. The van der Waals surface area contributed by atoms with E-state index in [1.54, 1.807) is 18.5 Å². The smallest absolute Gasteiger partial charge is 0.225 e. The van der Waals surface area contributed by atoms with Crippen LogP contribution in [0.5, 0.6) is 0 Å². The number of anilines is 1. The van der Waals surface area contributed by atoms with Crippen LogP contribution in [0.1, 0.15) is 12.8 Å². The van der Waals surface area contributed by atoms with Crippen LogP contribution in [0.25, 0.3) is 0 Å². The summed E-state index contributed by atoms with van der Waals surface area (Å²) < 4.78 is 0. The van der Waals surface area contributed by atoms with Crippen LogP contribution < -0.4 is 4.90 Å². The van der Waals surface area contributed by atoms with Gasteiger partial charge in [0.05, 0.1) is 0 Å². The van der Waals surface area contributed by atoms with Crippen molar-refractivity contribution in [2.45, 2.75) is 12.8 Å². The predicted molar refractivity (Wildman–Crippen MR) is 53.0 cm³/mol. The molecule has 0 radical (unpaired) electrons. The molecule has 1 aromatic rings. The lowest BCUT2D eigenvalue weighted by molar-refractivity contribution is -0.111. The predicted octanol–water partition coefficient (Wildman–Crippen LogP) is 0.892. The van der Waals surface area contributed by atoms with Gasteiger partial charge in [-0.3, -0.25) is 0 Å². The van der Waals surface area contributed by atoms with E-state index in [0.717, 1.165) is 38.2 Å². The highest BCUT2D eigenvalue weighted by molar-refractivity contribution is 5.55. The van der Waals surface area contributed by atoms with E-state index in [1.165, 1.54) is 0 Å². The van der Waals surface area contributed by atoms with Crippen LogP contribution in [0, 0.1) is 5.92 Å². The first-order valence-electron chi connectivity index (χ1n) is 4.87. The lowest BCUT2D eigenvalue weighted by atomic mass is 10.0. The average molecular weight is 191 g/mol. The Labute approximate surface area is 83.0 Å². The molecule has 4 heteroatoms. The van der Waals surface area contributed by atoms with Crippen molar-refractivity contribution >= 4 is 12.2 Å². The Bertz CT molecular complexity index is 301. The molecule has 0 aliphatic carbocycles. The summed E-state index contributed by atoms with van der Waals surface area (Å²) in [4.78, 5) is 21.1. The maximum atomic E-state index is 10.7. The number of nitrogens with zero attached hydrogens (tertiary/aromatic N) is 3. The van der Waals surface area contributed by atoms with Gasteiger partial charge in [0.1, 0.15) is 6.29 Å². The van der Waals surface area contributed by atoms with Crippen LogP contribution in [0.4, 0.5) is 5.95 Å². The normalized spacial score (nSPS) is 22.0. The van der Waals surface area contributed by atoms with Crippen molar-refractivity contribution in [2.75, 3.05) is 18.0 Å². The number of aldehydes is 1. The third-order valence-electron chi connectivity index (χ3n) is 2.49. The van der Waals surface area contributed by atoms with E-state index in [0.29, 0.717) is 0 Å². The van der Waals surface area contributed by atoms with E-state index in [-0.39, 0.29) is 5.92 Å². The van der Waals surface area contributed by atoms with Crippen LogP contribution in [-0.2, 0) is 4.79 Å². The summed E-state index contributed by atoms with van der Waals surface area (Å²) in [6.45, 7) is 1.71. The fourth-order valence-corrected chi connectivity index (χ4v) is 1.76. The van der Waals surface area contributed by atoms with E-state index in [9.17, 15) is 4.79 Å². The molecule has 1 unspecified atom stereocenters. The van der Waals surface area contributed by atoms with Crippen molar-refractivity contribution in [3.63, 3.8) is 0 Å². The maximum absolute atomic E-state index is 10.7. The fraction of sp³-hybridized carbons (Fsp3) is 0.500. The molecule has 0 spiro atoms. The van der Waals surface area contributed by atoms with Gasteiger partial charge in [0.25, 0.3) is 0 Å². The number of carbonyl (C=O) groups excluding carboxylic acids is 1. The Morgan fingerprint density at radius 1 is 1.43 bits per heavy atom. The van der Waals surface area contributed by atoms with E-state index in [1.807, 2.05) is 0 Å². The summed E-state index contributed by atoms with van der Waals surface area (Å²) in [7, 11) is 0. The third kappa shape index (κ3) is 1.89. The zero-order valence-electron chi connectivity index (χ0n) is 7.97. The minimum Gasteiger partial charge on any atom is -0.340 e. The Morgan fingerprint density at radius 2 is 2.21 bits per heavy atom. The quantitative estimate of drug-likeness (QED) is 0.651. The van der Waals surface area contributed by atoms with Crippen molar-refractivity contribution in [1.29, 1.82) is 0 Å². The van der Waals surface area contributed by atoms with Crippen LogP contribution in [0.2, 0.25) is 0 Å². The number of aromatic nitrogens is 2. The Kier molecular flexibility index (Phi) is 2.72. The monoisotopic (exact) mass is 191 g/mol. The van der Waals surface area contributed by atoms with Crippen LogP contribution in [-0.4, -0.2) is 29.3 Å². The van der Waals surface area contributed by atoms with E-state index in [2.05, 4.69) is 14.9 Å². The second-order valence-electron chi connectivity index (χ2n) is 3.53. The molecule has 0 N–H and O–H groups in total. The second-order valence-corrected chi connectivity index (χ2v) is 3.53. The zero-order valence-corrected chi connectivity index (χ0v) is 7.97. The molecule has 1 saturated heterocycles. The molecular weight excluding hydrogens is 178 g/mol. The van der Waals surface area contributed by atoms with Crippen LogP contribution >= 0.6 is 0 Å². The minimum atomic E-state index is 0.146. The first kappa shape index (κ1) is 9.12. The molecular formula is C10H13N3O. The highest BCUT2D eigenvalue weighted by Gasteiger charge is 2.20. The highest BCUT2D eigenvalue weighted by atomic mass is 16.1. The Balaban J connectivity index is 2.08. The molecule has 14 heavy (non-hydrogen) atoms. The number of rotatable bonds is 2. The topological polar surface area (TPSA) is 46.1 Å². The maximum Gasteiger partial charge on any atom is 0.225 e. The number of carbonyl (C=O) groups is 1. The van der Waals surface area contributed by atoms with Crippen molar-refractivity contribution < 1.29 is 4.79 Å².